The molecule has 6 heteroatoms. The van der Waals surface area contributed by atoms with Crippen LogP contribution in [0.25, 0.3) is 0 Å². The Morgan fingerprint density at radius 2 is 2.21 bits per heavy atom. The second-order valence-electron chi connectivity index (χ2n) is 2.79. The molecule has 1 aromatic heterocycles. The number of nitrogens with one attached hydrogen (secondary N) is 1. The van der Waals surface area contributed by atoms with E-state index in [9.17, 15) is 0 Å². The van der Waals surface area contributed by atoms with Gasteiger partial charge in [-0.25, -0.2) is 14.8 Å². The molecular formula is C8H14N4OS. The summed E-state index contributed by atoms with van der Waals surface area (Å²) in [6.07, 6.45) is 4.10. The third-order valence-corrected chi connectivity index (χ3v) is 2.36. The van der Waals surface area contributed by atoms with E-state index in [0.717, 1.165) is 12.2 Å². The van der Waals surface area contributed by atoms with E-state index in [1.807, 2.05) is 0 Å². The Hall–Kier alpha value is -0.850. The van der Waals surface area contributed by atoms with Gasteiger partial charge in [0.05, 0.1) is 19.5 Å². The molecule has 1 aromatic rings. The van der Waals surface area contributed by atoms with Gasteiger partial charge < -0.3 is 4.74 Å². The maximum atomic E-state index is 5.18. The molecule has 5 nitrogen and oxygen atoms in total. The summed E-state index contributed by atoms with van der Waals surface area (Å²) in [5.74, 6) is 6.65. The van der Waals surface area contributed by atoms with E-state index in [1.54, 1.807) is 19.5 Å². The van der Waals surface area contributed by atoms with Crippen molar-refractivity contribution < 1.29 is 4.74 Å². The number of aromatic nitrogens is 2. The van der Waals surface area contributed by atoms with Gasteiger partial charge in [-0.1, -0.05) is 18.9 Å². The third-order valence-electron chi connectivity index (χ3n) is 1.66. The molecule has 0 aliphatic carbocycles. The molecule has 3 N–H and O–H groups in total. The first-order valence-corrected chi connectivity index (χ1v) is 5.10. The van der Waals surface area contributed by atoms with Crippen LogP contribution in [0.15, 0.2) is 12.4 Å². The predicted octanol–water partition coefficient (Wildman–Crippen LogP) is 0.528. The second-order valence-corrected chi connectivity index (χ2v) is 4.07. The molecule has 0 aromatic carbocycles. The van der Waals surface area contributed by atoms with Crippen molar-refractivity contribution in [1.29, 1.82) is 0 Å². The number of methoxy groups -OCH3 is 1. The molecule has 0 saturated carbocycles. The highest BCUT2D eigenvalue weighted by Crippen LogP contribution is 2.11. The predicted molar refractivity (Wildman–Crippen MR) is 56.7 cm³/mol. The molecule has 0 amide bonds. The monoisotopic (exact) mass is 214 g/mol. The lowest BCUT2D eigenvalue weighted by molar-refractivity contribution is 0.410. The largest absolute Gasteiger partial charge is 0.494 e. The van der Waals surface area contributed by atoms with Gasteiger partial charge in [0, 0.05) is 11.7 Å². The van der Waals surface area contributed by atoms with Crippen molar-refractivity contribution in [3.63, 3.8) is 0 Å². The Kier molecular flexibility index (Phi) is 4.64. The summed E-state index contributed by atoms with van der Waals surface area (Å²) in [5.41, 5.74) is 0. The summed E-state index contributed by atoms with van der Waals surface area (Å²) in [7, 11) is 1.59. The highest BCUT2D eigenvalue weighted by atomic mass is 32.2. The maximum Gasteiger partial charge on any atom is 0.155 e. The van der Waals surface area contributed by atoms with Crippen LogP contribution in [0.3, 0.4) is 0 Å². The summed E-state index contributed by atoms with van der Waals surface area (Å²) in [5, 5.41) is 0.341. The third kappa shape index (κ3) is 3.49. The lowest BCUT2D eigenvalue weighted by Gasteiger charge is -2.08. The van der Waals surface area contributed by atoms with Gasteiger partial charge in [-0.15, -0.1) is 0 Å². The van der Waals surface area contributed by atoms with E-state index in [-0.39, 0.29) is 0 Å². The van der Waals surface area contributed by atoms with Crippen LogP contribution in [-0.4, -0.2) is 22.3 Å². The smallest absolute Gasteiger partial charge is 0.155 e. The van der Waals surface area contributed by atoms with Crippen molar-refractivity contribution in [2.45, 2.75) is 18.6 Å². The van der Waals surface area contributed by atoms with E-state index in [1.165, 1.54) is 11.9 Å². The highest BCUT2D eigenvalue weighted by molar-refractivity contribution is 7.97. The van der Waals surface area contributed by atoms with Crippen molar-refractivity contribution in [3.8, 4) is 5.75 Å². The van der Waals surface area contributed by atoms with Gasteiger partial charge in [-0.05, 0) is 0 Å². The van der Waals surface area contributed by atoms with Gasteiger partial charge in [-0.3, -0.25) is 5.84 Å². The maximum absolute atomic E-state index is 5.18. The molecule has 0 fully saturated rings. The van der Waals surface area contributed by atoms with Crippen molar-refractivity contribution in [2.75, 3.05) is 7.11 Å². The molecule has 1 rings (SSSR count). The molecule has 1 heterocycles. The van der Waals surface area contributed by atoms with Crippen LogP contribution in [-0.2, 0) is 6.42 Å². The summed E-state index contributed by atoms with van der Waals surface area (Å²) >= 11 is 1.45. The van der Waals surface area contributed by atoms with E-state index in [0.29, 0.717) is 11.0 Å². The minimum Gasteiger partial charge on any atom is -0.494 e. The van der Waals surface area contributed by atoms with Gasteiger partial charge in [0.1, 0.15) is 5.82 Å². The normalized spacial score (nSPS) is 12.5. The number of hydrogen-bond donors (Lipinski definition) is 2. The topological polar surface area (TPSA) is 73.1 Å². The summed E-state index contributed by atoms with van der Waals surface area (Å²) < 4.78 is 4.96. The molecule has 0 spiro atoms. The van der Waals surface area contributed by atoms with Crippen molar-refractivity contribution in [3.05, 3.63) is 18.2 Å². The first-order valence-electron chi connectivity index (χ1n) is 4.22. The van der Waals surface area contributed by atoms with Gasteiger partial charge in [0.25, 0.3) is 0 Å². The minimum absolute atomic E-state index is 0.341. The number of hydrogen-bond acceptors (Lipinski definition) is 6. The zero-order valence-electron chi connectivity index (χ0n) is 8.23. The van der Waals surface area contributed by atoms with Crippen LogP contribution in [0, 0.1) is 0 Å². The summed E-state index contributed by atoms with van der Waals surface area (Å²) in [4.78, 5) is 10.9. The quantitative estimate of drug-likeness (QED) is 0.423. The molecule has 14 heavy (non-hydrogen) atoms. The SMILES string of the molecule is COc1cnc(CC(C)SNN)nc1. The Morgan fingerprint density at radius 3 is 2.71 bits per heavy atom. The molecule has 0 aliphatic rings. The number of hydrazine groups is 1. The molecule has 78 valence electrons. The van der Waals surface area contributed by atoms with Crippen LogP contribution in [0.1, 0.15) is 12.7 Å². The standard InChI is InChI=1S/C8H14N4OS/c1-6(14-12-9)3-8-10-4-7(13-2)5-11-8/h4-6,12H,3,9H2,1-2H3. The fourth-order valence-corrected chi connectivity index (χ4v) is 1.43. The van der Waals surface area contributed by atoms with Crippen LogP contribution >= 0.6 is 11.9 Å². The molecule has 1 atom stereocenters. The Morgan fingerprint density at radius 1 is 1.57 bits per heavy atom. The fraction of sp³-hybridized carbons (Fsp3) is 0.500. The molecule has 0 saturated heterocycles. The summed E-state index contributed by atoms with van der Waals surface area (Å²) in [6.45, 7) is 2.05. The van der Waals surface area contributed by atoms with Crippen molar-refractivity contribution in [2.24, 2.45) is 5.84 Å². The average Bonchev–Trinajstić information content (AvgIpc) is 2.19. The highest BCUT2D eigenvalue weighted by Gasteiger charge is 2.05. The van der Waals surface area contributed by atoms with Gasteiger partial charge in [0.15, 0.2) is 5.75 Å². The van der Waals surface area contributed by atoms with E-state index in [4.69, 9.17) is 10.6 Å². The zero-order chi connectivity index (χ0) is 10.4. The number of nitrogens with two attached hydrogens (primary N) is 1. The van der Waals surface area contributed by atoms with Gasteiger partial charge >= 0.3 is 0 Å². The Labute approximate surface area is 87.6 Å². The number of rotatable bonds is 5. The van der Waals surface area contributed by atoms with Crippen LogP contribution in [0.5, 0.6) is 5.75 Å². The average molecular weight is 214 g/mol. The van der Waals surface area contributed by atoms with Crippen molar-refractivity contribution in [1.82, 2.24) is 14.8 Å². The second kappa shape index (κ2) is 5.79. The lowest BCUT2D eigenvalue weighted by atomic mass is 10.3. The first kappa shape index (κ1) is 11.2. The van der Waals surface area contributed by atoms with Gasteiger partial charge in [0.2, 0.25) is 0 Å². The Balaban J connectivity index is 2.50. The molecule has 0 bridgehead atoms. The van der Waals surface area contributed by atoms with E-state index >= 15 is 0 Å². The fourth-order valence-electron chi connectivity index (χ4n) is 0.969. The molecule has 0 aliphatic heterocycles. The molecule has 1 unspecified atom stereocenters. The van der Waals surface area contributed by atoms with E-state index < -0.39 is 0 Å². The minimum atomic E-state index is 0.341. The van der Waals surface area contributed by atoms with Crippen LogP contribution in [0.4, 0.5) is 0 Å². The Bertz CT molecular complexity index is 267. The molecular weight excluding hydrogens is 200 g/mol. The zero-order valence-corrected chi connectivity index (χ0v) is 9.04. The summed E-state index contributed by atoms with van der Waals surface area (Å²) in [6, 6.07) is 0. The number of nitrogens with zero attached hydrogens (tertiary/aromatic N) is 2. The van der Waals surface area contributed by atoms with Crippen molar-refractivity contribution >= 4 is 11.9 Å². The van der Waals surface area contributed by atoms with E-state index in [2.05, 4.69) is 21.7 Å². The van der Waals surface area contributed by atoms with Crippen LogP contribution in [0.2, 0.25) is 0 Å². The molecule has 0 radical (unpaired) electrons. The first-order chi connectivity index (χ1) is 6.76. The van der Waals surface area contributed by atoms with Gasteiger partial charge in [-0.2, -0.15) is 0 Å². The number of ether oxygens (including phenoxy) is 1. The van der Waals surface area contributed by atoms with Crippen LogP contribution < -0.4 is 15.4 Å². The lowest BCUT2D eigenvalue weighted by Crippen LogP contribution is -2.18.